The normalized spacial score (nSPS) is 21.2. The number of ether oxygens (including phenoxy) is 1. The van der Waals surface area contributed by atoms with E-state index in [9.17, 15) is 18.0 Å². The van der Waals surface area contributed by atoms with Crippen LogP contribution in [0.3, 0.4) is 0 Å². The second-order valence-corrected chi connectivity index (χ2v) is 3.96. The molecule has 0 spiro atoms. The number of hydrogen-bond acceptors (Lipinski definition) is 3. The molecule has 0 aromatic heterocycles. The van der Waals surface area contributed by atoms with E-state index in [1.807, 2.05) is 0 Å². The quantitative estimate of drug-likeness (QED) is 0.714. The highest BCUT2D eigenvalue weighted by atomic mass is 19.4. The van der Waals surface area contributed by atoms with Gasteiger partial charge in [-0.25, -0.2) is 0 Å². The van der Waals surface area contributed by atoms with Crippen LogP contribution in [0.5, 0.6) is 0 Å². The second kappa shape index (κ2) is 6.80. The monoisotopic (exact) mass is 254 g/mol. The highest BCUT2D eigenvalue weighted by Gasteiger charge is 2.27. The summed E-state index contributed by atoms with van der Waals surface area (Å²) in [4.78, 5) is 11.5. The van der Waals surface area contributed by atoms with Crippen LogP contribution < -0.4 is 10.6 Å². The van der Waals surface area contributed by atoms with Gasteiger partial charge in [-0.15, -0.1) is 0 Å². The molecule has 0 aliphatic carbocycles. The van der Waals surface area contributed by atoms with Crippen molar-refractivity contribution in [3.63, 3.8) is 0 Å². The van der Waals surface area contributed by atoms with Gasteiger partial charge in [0, 0.05) is 6.54 Å². The maximum atomic E-state index is 11.7. The van der Waals surface area contributed by atoms with Gasteiger partial charge in [0.25, 0.3) is 0 Å². The number of amides is 1. The number of piperidine rings is 1. The second-order valence-electron chi connectivity index (χ2n) is 3.96. The number of halogens is 3. The van der Waals surface area contributed by atoms with Gasteiger partial charge in [-0.05, 0) is 19.4 Å². The van der Waals surface area contributed by atoms with Crippen LogP contribution in [-0.2, 0) is 9.53 Å². The molecule has 7 heteroatoms. The lowest BCUT2D eigenvalue weighted by Gasteiger charge is -2.22. The van der Waals surface area contributed by atoms with Crippen LogP contribution in [0.15, 0.2) is 0 Å². The van der Waals surface area contributed by atoms with Gasteiger partial charge in [-0.3, -0.25) is 4.79 Å². The third-order valence-electron chi connectivity index (χ3n) is 2.44. The molecule has 0 unspecified atom stereocenters. The van der Waals surface area contributed by atoms with Crippen molar-refractivity contribution < 1.29 is 22.7 Å². The van der Waals surface area contributed by atoms with Crippen LogP contribution in [0.4, 0.5) is 13.2 Å². The molecule has 1 aliphatic rings. The molecule has 0 aromatic carbocycles. The van der Waals surface area contributed by atoms with E-state index in [0.717, 1.165) is 25.8 Å². The summed E-state index contributed by atoms with van der Waals surface area (Å²) in [6.45, 7) is -0.488. The fourth-order valence-electron chi connectivity index (χ4n) is 1.63. The van der Waals surface area contributed by atoms with Crippen LogP contribution >= 0.6 is 0 Å². The Morgan fingerprint density at radius 1 is 1.41 bits per heavy atom. The molecule has 1 rings (SSSR count). The SMILES string of the molecule is O=C(NCCOCC(F)(F)F)[C@@H]1CCCCN1. The molecule has 4 nitrogen and oxygen atoms in total. The summed E-state index contributed by atoms with van der Waals surface area (Å²) >= 11 is 0. The van der Waals surface area contributed by atoms with E-state index >= 15 is 0 Å². The van der Waals surface area contributed by atoms with Crippen molar-refractivity contribution in [3.8, 4) is 0 Å². The Hall–Kier alpha value is -0.820. The molecule has 100 valence electrons. The molecule has 17 heavy (non-hydrogen) atoms. The topological polar surface area (TPSA) is 50.4 Å². The average molecular weight is 254 g/mol. The number of rotatable bonds is 5. The van der Waals surface area contributed by atoms with Crippen molar-refractivity contribution in [1.29, 1.82) is 0 Å². The lowest BCUT2D eigenvalue weighted by atomic mass is 10.0. The van der Waals surface area contributed by atoms with Gasteiger partial charge in [0.1, 0.15) is 6.61 Å². The zero-order valence-corrected chi connectivity index (χ0v) is 9.48. The number of alkyl halides is 3. The van der Waals surface area contributed by atoms with Gasteiger partial charge in [-0.1, -0.05) is 6.42 Å². The molecule has 0 radical (unpaired) electrons. The predicted octanol–water partition coefficient (Wildman–Crippen LogP) is 0.824. The number of nitrogens with one attached hydrogen (secondary N) is 2. The first-order valence-corrected chi connectivity index (χ1v) is 5.64. The Kier molecular flexibility index (Phi) is 5.70. The van der Waals surface area contributed by atoms with Gasteiger partial charge in [-0.2, -0.15) is 13.2 Å². The molecule has 2 N–H and O–H groups in total. The van der Waals surface area contributed by atoms with Crippen LogP contribution in [0.2, 0.25) is 0 Å². The minimum atomic E-state index is -4.31. The summed E-state index contributed by atoms with van der Waals surface area (Å²) in [5, 5.41) is 5.60. The smallest absolute Gasteiger partial charge is 0.370 e. The maximum Gasteiger partial charge on any atom is 0.411 e. The molecule has 1 atom stereocenters. The van der Waals surface area contributed by atoms with Gasteiger partial charge in [0.2, 0.25) is 5.91 Å². The first kappa shape index (κ1) is 14.2. The molecular weight excluding hydrogens is 237 g/mol. The van der Waals surface area contributed by atoms with Crippen molar-refractivity contribution in [2.45, 2.75) is 31.5 Å². The molecule has 1 aliphatic heterocycles. The van der Waals surface area contributed by atoms with Crippen molar-refractivity contribution >= 4 is 5.91 Å². The summed E-state index contributed by atoms with van der Waals surface area (Å²) in [6.07, 6.45) is -1.49. The van der Waals surface area contributed by atoms with Crippen LogP contribution in [0.1, 0.15) is 19.3 Å². The first-order chi connectivity index (χ1) is 7.99. The van der Waals surface area contributed by atoms with E-state index < -0.39 is 12.8 Å². The van der Waals surface area contributed by atoms with Gasteiger partial charge in [0.05, 0.1) is 12.6 Å². The summed E-state index contributed by atoms with van der Waals surface area (Å²) in [7, 11) is 0. The average Bonchev–Trinajstić information content (AvgIpc) is 2.28. The van der Waals surface area contributed by atoms with Crippen molar-refractivity contribution in [2.75, 3.05) is 26.3 Å². The van der Waals surface area contributed by atoms with E-state index in [2.05, 4.69) is 15.4 Å². The number of hydrogen-bond donors (Lipinski definition) is 2. The zero-order chi connectivity index (χ0) is 12.7. The minimum Gasteiger partial charge on any atom is -0.370 e. The molecule has 1 amide bonds. The minimum absolute atomic E-state index is 0.104. The standard InChI is InChI=1S/C10H17F3N2O2/c11-10(12,13)7-17-6-5-15-9(16)8-3-1-2-4-14-8/h8,14H,1-7H2,(H,15,16)/t8-/m0/s1. The molecule has 1 saturated heterocycles. The molecular formula is C10H17F3N2O2. The van der Waals surface area contributed by atoms with Crippen LogP contribution in [0.25, 0.3) is 0 Å². The van der Waals surface area contributed by atoms with Gasteiger partial charge in [0.15, 0.2) is 0 Å². The molecule has 0 aromatic rings. The molecule has 0 saturated carbocycles. The fraction of sp³-hybridized carbons (Fsp3) is 0.900. The predicted molar refractivity (Wildman–Crippen MR) is 55.5 cm³/mol. The summed E-state index contributed by atoms with van der Waals surface area (Å²) in [6, 6.07) is -0.216. The maximum absolute atomic E-state index is 11.7. The van der Waals surface area contributed by atoms with Gasteiger partial charge < -0.3 is 15.4 Å². The first-order valence-electron chi connectivity index (χ1n) is 5.64. The summed E-state index contributed by atoms with van der Waals surface area (Å²) in [5.41, 5.74) is 0. The number of carbonyl (C=O) groups is 1. The van der Waals surface area contributed by atoms with Crippen molar-refractivity contribution in [3.05, 3.63) is 0 Å². The third kappa shape index (κ3) is 6.48. The summed E-state index contributed by atoms with van der Waals surface area (Å²) in [5.74, 6) is -0.166. The fourth-order valence-corrected chi connectivity index (χ4v) is 1.63. The Labute approximate surface area is 97.9 Å². The van der Waals surface area contributed by atoms with Crippen molar-refractivity contribution in [1.82, 2.24) is 10.6 Å². The van der Waals surface area contributed by atoms with E-state index in [4.69, 9.17) is 0 Å². The number of carbonyl (C=O) groups excluding carboxylic acids is 1. The lowest BCUT2D eigenvalue weighted by Crippen LogP contribution is -2.47. The molecule has 0 bridgehead atoms. The highest BCUT2D eigenvalue weighted by Crippen LogP contribution is 2.14. The van der Waals surface area contributed by atoms with Gasteiger partial charge >= 0.3 is 6.18 Å². The van der Waals surface area contributed by atoms with E-state index in [1.54, 1.807) is 0 Å². The van der Waals surface area contributed by atoms with Crippen LogP contribution in [0, 0.1) is 0 Å². The summed E-state index contributed by atoms with van der Waals surface area (Å²) < 4.78 is 39.5. The Bertz CT molecular complexity index is 240. The highest BCUT2D eigenvalue weighted by molar-refractivity contribution is 5.81. The molecule has 1 fully saturated rings. The van der Waals surface area contributed by atoms with E-state index in [-0.39, 0.29) is 25.1 Å². The molecule has 1 heterocycles. The van der Waals surface area contributed by atoms with Crippen LogP contribution in [-0.4, -0.2) is 44.4 Å². The third-order valence-corrected chi connectivity index (χ3v) is 2.44. The van der Waals surface area contributed by atoms with E-state index in [1.165, 1.54) is 0 Å². The zero-order valence-electron chi connectivity index (χ0n) is 9.48. The largest absolute Gasteiger partial charge is 0.411 e. The van der Waals surface area contributed by atoms with Crippen molar-refractivity contribution in [2.24, 2.45) is 0 Å². The lowest BCUT2D eigenvalue weighted by molar-refractivity contribution is -0.173. The Morgan fingerprint density at radius 2 is 2.18 bits per heavy atom. The Morgan fingerprint density at radius 3 is 2.76 bits per heavy atom. The van der Waals surface area contributed by atoms with E-state index in [0.29, 0.717) is 0 Å². The Balaban J connectivity index is 2.04.